The Morgan fingerprint density at radius 2 is 1.22 bits per heavy atom. The molecule has 2 atom stereocenters. The first-order chi connectivity index (χ1) is 11.3. The molecule has 2 N–H and O–H groups in total. The molecule has 0 aliphatic heterocycles. The van der Waals surface area contributed by atoms with Crippen molar-refractivity contribution >= 4 is 0 Å². The topological polar surface area (TPSA) is 40.5 Å². The Kier molecular flexibility index (Phi) is 8.68. The van der Waals surface area contributed by atoms with Gasteiger partial charge in [0.2, 0.25) is 0 Å². The Balaban J connectivity index is 1.68. The van der Waals surface area contributed by atoms with Crippen molar-refractivity contribution < 1.29 is 10.2 Å². The molecule has 1 saturated carbocycles. The van der Waals surface area contributed by atoms with Gasteiger partial charge in [-0.3, -0.25) is 0 Å². The molecule has 2 aliphatic carbocycles. The molecule has 0 spiro atoms. The number of allylic oxidation sites excluding steroid dienone is 2. The third-order valence-electron chi connectivity index (χ3n) is 6.29. The summed E-state index contributed by atoms with van der Waals surface area (Å²) in [5, 5.41) is 17.7. The zero-order chi connectivity index (χ0) is 16.4. The van der Waals surface area contributed by atoms with Crippen LogP contribution in [-0.2, 0) is 0 Å². The summed E-state index contributed by atoms with van der Waals surface area (Å²) in [6.07, 6.45) is 23.1. The fourth-order valence-electron chi connectivity index (χ4n) is 4.99. The first-order valence-corrected chi connectivity index (χ1v) is 10.2. The smallest absolute Gasteiger partial charge is 0.0431 e. The molecule has 2 rings (SSSR count). The second-order valence-electron chi connectivity index (χ2n) is 8.04. The highest BCUT2D eigenvalue weighted by Crippen LogP contribution is 2.57. The molecule has 1 fully saturated rings. The molecule has 23 heavy (non-hydrogen) atoms. The number of hydrogen-bond donors (Lipinski definition) is 2. The number of hydrogen-bond acceptors (Lipinski definition) is 2. The molecule has 134 valence electrons. The summed E-state index contributed by atoms with van der Waals surface area (Å²) in [4.78, 5) is 0. The van der Waals surface area contributed by atoms with Crippen molar-refractivity contribution in [1.82, 2.24) is 0 Å². The molecular formula is C21H38O2. The normalized spacial score (nSPS) is 24.6. The van der Waals surface area contributed by atoms with Gasteiger partial charge in [-0.2, -0.15) is 0 Å². The lowest BCUT2D eigenvalue weighted by Crippen LogP contribution is -2.26. The average molecular weight is 323 g/mol. The molecule has 0 aromatic rings. The van der Waals surface area contributed by atoms with E-state index in [1.165, 1.54) is 77.0 Å². The molecule has 0 saturated heterocycles. The van der Waals surface area contributed by atoms with E-state index in [0.717, 1.165) is 24.7 Å². The first-order valence-electron chi connectivity index (χ1n) is 10.2. The van der Waals surface area contributed by atoms with Gasteiger partial charge in [-0.15, -0.1) is 0 Å². The molecule has 2 aliphatic rings. The predicted molar refractivity (Wildman–Crippen MR) is 97.4 cm³/mol. The molecule has 0 amide bonds. The van der Waals surface area contributed by atoms with Crippen molar-refractivity contribution in [1.29, 1.82) is 0 Å². The maximum Gasteiger partial charge on any atom is 0.0431 e. The lowest BCUT2D eigenvalue weighted by molar-refractivity contribution is 0.174. The van der Waals surface area contributed by atoms with E-state index < -0.39 is 0 Å². The quantitative estimate of drug-likeness (QED) is 0.339. The zero-order valence-electron chi connectivity index (χ0n) is 15.0. The zero-order valence-corrected chi connectivity index (χ0v) is 15.0. The van der Waals surface area contributed by atoms with Gasteiger partial charge in [-0.25, -0.2) is 0 Å². The van der Waals surface area contributed by atoms with Gasteiger partial charge in [0, 0.05) is 13.2 Å². The maximum absolute atomic E-state index is 8.86. The van der Waals surface area contributed by atoms with E-state index in [-0.39, 0.29) is 0 Å². The SMILES string of the molecule is OCCCCCCCC1(CCCCCCCO)CC2C=CC1C2. The number of fused-ring (bicyclic) bond motifs is 2. The van der Waals surface area contributed by atoms with Crippen molar-refractivity contribution in [2.24, 2.45) is 17.3 Å². The molecular weight excluding hydrogens is 284 g/mol. The van der Waals surface area contributed by atoms with E-state index in [0.29, 0.717) is 18.6 Å². The van der Waals surface area contributed by atoms with Gasteiger partial charge >= 0.3 is 0 Å². The van der Waals surface area contributed by atoms with Crippen LogP contribution in [0.2, 0.25) is 0 Å². The molecule has 2 unspecified atom stereocenters. The summed E-state index contributed by atoms with van der Waals surface area (Å²) in [5.74, 6) is 1.74. The third kappa shape index (κ3) is 5.90. The van der Waals surface area contributed by atoms with E-state index in [4.69, 9.17) is 10.2 Å². The summed E-state index contributed by atoms with van der Waals surface area (Å²) < 4.78 is 0. The van der Waals surface area contributed by atoms with Gasteiger partial charge < -0.3 is 10.2 Å². The van der Waals surface area contributed by atoms with Crippen molar-refractivity contribution in [3.05, 3.63) is 12.2 Å². The minimum absolute atomic E-state index is 0.356. The largest absolute Gasteiger partial charge is 0.396 e. The van der Waals surface area contributed by atoms with Gasteiger partial charge in [0.05, 0.1) is 0 Å². The molecule has 2 bridgehead atoms. The average Bonchev–Trinajstić information content (AvgIpc) is 3.15. The van der Waals surface area contributed by atoms with Crippen molar-refractivity contribution in [3.63, 3.8) is 0 Å². The van der Waals surface area contributed by atoms with Crippen LogP contribution in [0.25, 0.3) is 0 Å². The van der Waals surface area contributed by atoms with Gasteiger partial charge in [0.15, 0.2) is 0 Å². The van der Waals surface area contributed by atoms with E-state index in [1.807, 2.05) is 0 Å². The van der Waals surface area contributed by atoms with Gasteiger partial charge in [0.1, 0.15) is 0 Å². The standard InChI is InChI=1S/C21H38O2/c22-15-9-5-1-3-7-13-21(14-8-4-2-6-10-16-23)18-19-11-12-20(21)17-19/h11-12,19-20,22-23H,1-10,13-18H2. The van der Waals surface area contributed by atoms with Crippen molar-refractivity contribution in [3.8, 4) is 0 Å². The van der Waals surface area contributed by atoms with Crippen molar-refractivity contribution in [2.45, 2.75) is 89.9 Å². The Bertz CT molecular complexity index is 321. The first kappa shape index (κ1) is 19.0. The molecule has 2 nitrogen and oxygen atoms in total. The monoisotopic (exact) mass is 322 g/mol. The Hall–Kier alpha value is -0.340. The molecule has 0 heterocycles. The number of aliphatic hydroxyl groups excluding tert-OH is 2. The Morgan fingerprint density at radius 3 is 1.65 bits per heavy atom. The third-order valence-corrected chi connectivity index (χ3v) is 6.29. The van der Waals surface area contributed by atoms with Crippen LogP contribution >= 0.6 is 0 Å². The van der Waals surface area contributed by atoms with E-state index in [2.05, 4.69) is 12.2 Å². The van der Waals surface area contributed by atoms with Gasteiger partial charge in [-0.1, -0.05) is 63.5 Å². The Labute approximate surface area is 143 Å². The number of rotatable bonds is 14. The highest BCUT2D eigenvalue weighted by atomic mass is 16.3. The molecule has 0 aromatic heterocycles. The van der Waals surface area contributed by atoms with Crippen molar-refractivity contribution in [2.75, 3.05) is 13.2 Å². The number of unbranched alkanes of at least 4 members (excludes halogenated alkanes) is 8. The minimum Gasteiger partial charge on any atom is -0.396 e. The van der Waals surface area contributed by atoms with Crippen LogP contribution < -0.4 is 0 Å². The fraction of sp³-hybridized carbons (Fsp3) is 0.905. The summed E-state index contributed by atoms with van der Waals surface area (Å²) in [7, 11) is 0. The lowest BCUT2D eigenvalue weighted by Gasteiger charge is -2.36. The number of aliphatic hydroxyl groups is 2. The van der Waals surface area contributed by atoms with Gasteiger partial charge in [0.25, 0.3) is 0 Å². The summed E-state index contributed by atoms with van der Waals surface area (Å²) >= 11 is 0. The van der Waals surface area contributed by atoms with Crippen LogP contribution in [0, 0.1) is 17.3 Å². The highest BCUT2D eigenvalue weighted by Gasteiger charge is 2.46. The maximum atomic E-state index is 8.86. The van der Waals surface area contributed by atoms with Crippen LogP contribution in [0.3, 0.4) is 0 Å². The summed E-state index contributed by atoms with van der Waals surface area (Å²) in [5.41, 5.74) is 0.618. The van der Waals surface area contributed by atoms with Crippen LogP contribution in [-0.4, -0.2) is 23.4 Å². The Morgan fingerprint density at radius 1 is 0.696 bits per heavy atom. The van der Waals surface area contributed by atoms with E-state index in [1.54, 1.807) is 0 Å². The predicted octanol–water partition coefficient (Wildman–Crippen LogP) is 5.23. The summed E-state index contributed by atoms with van der Waals surface area (Å²) in [6.45, 7) is 0.712. The minimum atomic E-state index is 0.356. The van der Waals surface area contributed by atoms with Gasteiger partial charge in [-0.05, 0) is 55.8 Å². The molecule has 2 heteroatoms. The highest BCUT2D eigenvalue weighted by molar-refractivity contribution is 5.15. The van der Waals surface area contributed by atoms with E-state index >= 15 is 0 Å². The lowest BCUT2D eigenvalue weighted by atomic mass is 9.69. The summed E-state index contributed by atoms with van der Waals surface area (Å²) in [6, 6.07) is 0. The van der Waals surface area contributed by atoms with Crippen LogP contribution in [0.5, 0.6) is 0 Å². The van der Waals surface area contributed by atoms with Crippen LogP contribution in [0.4, 0.5) is 0 Å². The molecule has 0 radical (unpaired) electrons. The fourth-order valence-corrected chi connectivity index (χ4v) is 4.99. The second kappa shape index (κ2) is 10.5. The second-order valence-corrected chi connectivity index (χ2v) is 8.04. The van der Waals surface area contributed by atoms with Crippen LogP contribution in [0.15, 0.2) is 12.2 Å². The van der Waals surface area contributed by atoms with E-state index in [9.17, 15) is 0 Å². The van der Waals surface area contributed by atoms with Crippen LogP contribution in [0.1, 0.15) is 89.9 Å². The molecule has 0 aromatic carbocycles.